The Balaban J connectivity index is 1.76. The first-order valence-corrected chi connectivity index (χ1v) is 6.94. The Morgan fingerprint density at radius 1 is 1.00 bits per heavy atom. The molecule has 1 aromatic heterocycles. The maximum absolute atomic E-state index is 4.44. The van der Waals surface area contributed by atoms with E-state index in [0.717, 1.165) is 27.6 Å². The fourth-order valence-electron chi connectivity index (χ4n) is 1.97. The normalized spacial score (nSPS) is 10.6. The van der Waals surface area contributed by atoms with Crippen molar-refractivity contribution < 1.29 is 0 Å². The van der Waals surface area contributed by atoms with Crippen LogP contribution in [0.2, 0.25) is 0 Å². The molecule has 0 saturated heterocycles. The van der Waals surface area contributed by atoms with E-state index < -0.39 is 0 Å². The highest BCUT2D eigenvalue weighted by Crippen LogP contribution is 2.17. The van der Waals surface area contributed by atoms with Crippen molar-refractivity contribution in [2.24, 2.45) is 0 Å². The summed E-state index contributed by atoms with van der Waals surface area (Å²) in [5.74, 6) is 0. The number of halogens is 1. The Morgan fingerprint density at radius 2 is 1.79 bits per heavy atom. The first-order chi connectivity index (χ1) is 9.31. The average molecular weight is 313 g/mol. The zero-order valence-corrected chi connectivity index (χ0v) is 11.9. The number of benzene rings is 2. The van der Waals surface area contributed by atoms with Crippen molar-refractivity contribution in [2.75, 3.05) is 5.32 Å². The molecule has 0 radical (unpaired) electrons. The van der Waals surface area contributed by atoms with E-state index in [9.17, 15) is 0 Å². The number of anilines is 1. The van der Waals surface area contributed by atoms with Crippen LogP contribution in [0.15, 0.2) is 65.3 Å². The topological polar surface area (TPSA) is 24.9 Å². The second-order valence-corrected chi connectivity index (χ2v) is 5.31. The molecule has 3 rings (SSSR count). The molecule has 0 amide bonds. The predicted molar refractivity (Wildman–Crippen MR) is 83.2 cm³/mol. The average Bonchev–Trinajstić information content (AvgIpc) is 2.46. The summed E-state index contributed by atoms with van der Waals surface area (Å²) in [6, 6.07) is 18.6. The molecular weight excluding hydrogens is 300 g/mol. The van der Waals surface area contributed by atoms with Crippen LogP contribution >= 0.6 is 15.9 Å². The van der Waals surface area contributed by atoms with Crippen molar-refractivity contribution in [3.63, 3.8) is 0 Å². The van der Waals surface area contributed by atoms with Crippen molar-refractivity contribution >= 4 is 32.5 Å². The van der Waals surface area contributed by atoms with Crippen LogP contribution in [0, 0.1) is 0 Å². The van der Waals surface area contributed by atoms with Gasteiger partial charge in [-0.15, -0.1) is 0 Å². The Bertz CT molecular complexity index is 692. The molecular formula is C16H13BrN2. The molecule has 0 aliphatic heterocycles. The number of aromatic nitrogens is 1. The van der Waals surface area contributed by atoms with Crippen LogP contribution < -0.4 is 5.32 Å². The van der Waals surface area contributed by atoms with E-state index >= 15 is 0 Å². The quantitative estimate of drug-likeness (QED) is 0.764. The summed E-state index contributed by atoms with van der Waals surface area (Å²) in [5, 5.41) is 4.55. The van der Waals surface area contributed by atoms with Gasteiger partial charge in [-0.2, -0.15) is 0 Å². The van der Waals surface area contributed by atoms with E-state index in [0.29, 0.717) is 0 Å². The van der Waals surface area contributed by atoms with Crippen LogP contribution in [-0.4, -0.2) is 4.98 Å². The standard InChI is InChI=1S/C16H13BrN2/c17-14-7-5-12(6-8-14)10-18-15-9-13-3-1-2-4-16(13)19-11-15/h1-9,11,18H,10H2. The minimum atomic E-state index is 0.799. The molecule has 0 unspecified atom stereocenters. The van der Waals surface area contributed by atoms with Crippen molar-refractivity contribution in [1.29, 1.82) is 0 Å². The Morgan fingerprint density at radius 3 is 2.63 bits per heavy atom. The van der Waals surface area contributed by atoms with Gasteiger partial charge in [0, 0.05) is 16.4 Å². The maximum Gasteiger partial charge on any atom is 0.0703 e. The van der Waals surface area contributed by atoms with Crippen LogP contribution in [0.5, 0.6) is 0 Å². The molecule has 1 N–H and O–H groups in total. The summed E-state index contributed by atoms with van der Waals surface area (Å²) < 4.78 is 1.10. The van der Waals surface area contributed by atoms with E-state index in [1.807, 2.05) is 24.4 Å². The number of pyridine rings is 1. The molecule has 3 heteroatoms. The fourth-order valence-corrected chi connectivity index (χ4v) is 2.24. The summed E-state index contributed by atoms with van der Waals surface area (Å²) in [7, 11) is 0. The van der Waals surface area contributed by atoms with Crippen LogP contribution in [-0.2, 0) is 6.54 Å². The smallest absolute Gasteiger partial charge is 0.0703 e. The van der Waals surface area contributed by atoms with E-state index in [2.05, 4.69) is 62.6 Å². The molecule has 0 spiro atoms. The first-order valence-electron chi connectivity index (χ1n) is 6.14. The van der Waals surface area contributed by atoms with Gasteiger partial charge in [-0.05, 0) is 29.8 Å². The lowest BCUT2D eigenvalue weighted by molar-refractivity contribution is 1.14. The molecule has 0 aliphatic carbocycles. The van der Waals surface area contributed by atoms with Crippen LogP contribution in [0.25, 0.3) is 10.9 Å². The van der Waals surface area contributed by atoms with Gasteiger partial charge >= 0.3 is 0 Å². The van der Waals surface area contributed by atoms with Gasteiger partial charge in [0.2, 0.25) is 0 Å². The van der Waals surface area contributed by atoms with Crippen LogP contribution in [0.4, 0.5) is 5.69 Å². The third-order valence-corrected chi connectivity index (χ3v) is 3.53. The number of nitrogens with one attached hydrogen (secondary N) is 1. The lowest BCUT2D eigenvalue weighted by atomic mass is 10.2. The molecule has 94 valence electrons. The van der Waals surface area contributed by atoms with E-state index in [1.54, 1.807) is 0 Å². The maximum atomic E-state index is 4.44. The monoisotopic (exact) mass is 312 g/mol. The number of rotatable bonds is 3. The molecule has 2 nitrogen and oxygen atoms in total. The van der Waals surface area contributed by atoms with Crippen molar-refractivity contribution in [3.05, 3.63) is 70.8 Å². The van der Waals surface area contributed by atoms with Crippen LogP contribution in [0.1, 0.15) is 5.56 Å². The Kier molecular flexibility index (Phi) is 3.47. The number of nitrogens with zero attached hydrogens (tertiary/aromatic N) is 1. The number of fused-ring (bicyclic) bond motifs is 1. The van der Waals surface area contributed by atoms with Gasteiger partial charge in [0.1, 0.15) is 0 Å². The number of hydrogen-bond acceptors (Lipinski definition) is 2. The van der Waals surface area contributed by atoms with Gasteiger partial charge in [0.15, 0.2) is 0 Å². The van der Waals surface area contributed by atoms with E-state index in [1.165, 1.54) is 5.56 Å². The Labute approximate surface area is 120 Å². The Hall–Kier alpha value is -1.87. The summed E-state index contributed by atoms with van der Waals surface area (Å²) in [5.41, 5.74) is 3.31. The summed E-state index contributed by atoms with van der Waals surface area (Å²) in [4.78, 5) is 4.44. The number of para-hydroxylation sites is 1. The van der Waals surface area contributed by atoms with Gasteiger partial charge in [-0.3, -0.25) is 4.98 Å². The SMILES string of the molecule is Brc1ccc(CNc2cnc3ccccc3c2)cc1. The van der Waals surface area contributed by atoms with Gasteiger partial charge < -0.3 is 5.32 Å². The molecule has 2 aromatic carbocycles. The molecule has 0 atom stereocenters. The highest BCUT2D eigenvalue weighted by atomic mass is 79.9. The van der Waals surface area contributed by atoms with E-state index in [-0.39, 0.29) is 0 Å². The minimum Gasteiger partial charge on any atom is -0.380 e. The minimum absolute atomic E-state index is 0.799. The van der Waals surface area contributed by atoms with E-state index in [4.69, 9.17) is 0 Å². The summed E-state index contributed by atoms with van der Waals surface area (Å²) in [6.45, 7) is 0.799. The molecule has 1 heterocycles. The van der Waals surface area contributed by atoms with Crippen molar-refractivity contribution in [1.82, 2.24) is 4.98 Å². The van der Waals surface area contributed by atoms with Gasteiger partial charge in [-0.25, -0.2) is 0 Å². The van der Waals surface area contributed by atoms with Crippen LogP contribution in [0.3, 0.4) is 0 Å². The molecule has 0 bridgehead atoms. The molecule has 0 saturated carbocycles. The lowest BCUT2D eigenvalue weighted by Crippen LogP contribution is -1.99. The largest absolute Gasteiger partial charge is 0.380 e. The van der Waals surface area contributed by atoms with Crippen molar-refractivity contribution in [3.8, 4) is 0 Å². The zero-order valence-electron chi connectivity index (χ0n) is 10.3. The van der Waals surface area contributed by atoms with Crippen molar-refractivity contribution in [2.45, 2.75) is 6.54 Å². The predicted octanol–water partition coefficient (Wildman–Crippen LogP) is 4.61. The molecule has 3 aromatic rings. The summed E-state index contributed by atoms with van der Waals surface area (Å²) >= 11 is 3.44. The highest BCUT2D eigenvalue weighted by Gasteiger charge is 1.98. The molecule has 0 fully saturated rings. The fraction of sp³-hybridized carbons (Fsp3) is 0.0625. The molecule has 19 heavy (non-hydrogen) atoms. The van der Waals surface area contributed by atoms with Gasteiger partial charge in [-0.1, -0.05) is 46.3 Å². The molecule has 0 aliphatic rings. The number of hydrogen-bond donors (Lipinski definition) is 1. The first kappa shape index (κ1) is 12.2. The summed E-state index contributed by atoms with van der Waals surface area (Å²) in [6.07, 6.45) is 1.88. The second-order valence-electron chi connectivity index (χ2n) is 4.40. The third-order valence-electron chi connectivity index (χ3n) is 3.00. The van der Waals surface area contributed by atoms with Gasteiger partial charge in [0.05, 0.1) is 17.4 Å². The highest BCUT2D eigenvalue weighted by molar-refractivity contribution is 9.10. The lowest BCUT2D eigenvalue weighted by Gasteiger charge is -2.07. The second kappa shape index (κ2) is 5.41. The zero-order chi connectivity index (χ0) is 13.1. The third kappa shape index (κ3) is 2.93. The van der Waals surface area contributed by atoms with Gasteiger partial charge in [0.25, 0.3) is 0 Å².